The van der Waals surface area contributed by atoms with Crippen molar-refractivity contribution in [3.63, 3.8) is 0 Å². The average molecular weight is 378 g/mol. The second-order valence-electron chi connectivity index (χ2n) is 7.05. The Hall–Kier alpha value is -3.22. The van der Waals surface area contributed by atoms with Crippen LogP contribution in [0.1, 0.15) is 46.5 Å². The van der Waals surface area contributed by atoms with Crippen molar-refractivity contribution in [1.29, 1.82) is 0 Å². The number of aromatic nitrogens is 1. The Labute approximate surface area is 163 Å². The molecule has 0 aliphatic carbocycles. The lowest BCUT2D eigenvalue weighted by Gasteiger charge is -2.28. The molecule has 0 bridgehead atoms. The fraction of sp³-hybridized carbons (Fsp3) is 0.333. The zero-order chi connectivity index (χ0) is 19.5. The topological polar surface area (TPSA) is 82.6 Å². The summed E-state index contributed by atoms with van der Waals surface area (Å²) in [5, 5.41) is 2.82. The minimum atomic E-state index is -0.445. The highest BCUT2D eigenvalue weighted by Gasteiger charge is 2.36. The van der Waals surface area contributed by atoms with E-state index in [2.05, 4.69) is 15.2 Å². The molecule has 3 amide bonds. The van der Waals surface area contributed by atoms with Crippen LogP contribution >= 0.6 is 0 Å². The molecule has 144 valence electrons. The predicted molar refractivity (Wildman–Crippen MR) is 105 cm³/mol. The van der Waals surface area contributed by atoms with Crippen molar-refractivity contribution in [1.82, 2.24) is 9.88 Å². The van der Waals surface area contributed by atoms with Crippen molar-refractivity contribution in [2.24, 2.45) is 0 Å². The molecule has 3 heterocycles. The number of piperidine rings is 1. The van der Waals surface area contributed by atoms with Crippen LogP contribution < -0.4 is 10.2 Å². The molecule has 0 radical (unpaired) electrons. The number of carbonyl (C=O) groups excluding carboxylic acids is 3. The first-order chi connectivity index (χ1) is 13.6. The standard InChI is InChI=1S/C21H22N4O3/c26-18(10-14-25-20(27)17-5-4-11-22-19(17)21(25)28)23-15-6-8-16(9-7-15)24-12-2-1-3-13-24/h4-9,11H,1-3,10,12-14H2,(H,23,26). The highest BCUT2D eigenvalue weighted by Crippen LogP contribution is 2.23. The van der Waals surface area contributed by atoms with Gasteiger partial charge in [-0.3, -0.25) is 24.3 Å². The van der Waals surface area contributed by atoms with Crippen LogP contribution in [0, 0.1) is 0 Å². The Morgan fingerprint density at radius 1 is 1.00 bits per heavy atom. The number of hydrogen-bond donors (Lipinski definition) is 1. The quantitative estimate of drug-likeness (QED) is 0.809. The Balaban J connectivity index is 1.31. The van der Waals surface area contributed by atoms with Gasteiger partial charge in [0, 0.05) is 43.6 Å². The lowest BCUT2D eigenvalue weighted by molar-refractivity contribution is -0.116. The molecule has 2 aliphatic heterocycles. The van der Waals surface area contributed by atoms with Crippen LogP contribution in [0.3, 0.4) is 0 Å². The monoisotopic (exact) mass is 378 g/mol. The molecule has 1 aromatic heterocycles. The summed E-state index contributed by atoms with van der Waals surface area (Å²) in [4.78, 5) is 44.2. The Morgan fingerprint density at radius 3 is 2.46 bits per heavy atom. The molecule has 4 rings (SSSR count). The van der Waals surface area contributed by atoms with Crippen molar-refractivity contribution >= 4 is 29.1 Å². The Bertz CT molecular complexity index is 869. The molecule has 0 unspecified atom stereocenters. The maximum atomic E-state index is 12.3. The highest BCUT2D eigenvalue weighted by atomic mass is 16.2. The van der Waals surface area contributed by atoms with Gasteiger partial charge in [-0.05, 0) is 55.7 Å². The zero-order valence-electron chi connectivity index (χ0n) is 15.6. The lowest BCUT2D eigenvalue weighted by Crippen LogP contribution is -2.33. The third kappa shape index (κ3) is 3.60. The van der Waals surface area contributed by atoms with Crippen LogP contribution in [-0.2, 0) is 4.79 Å². The largest absolute Gasteiger partial charge is 0.372 e. The number of benzene rings is 1. The number of pyridine rings is 1. The maximum absolute atomic E-state index is 12.3. The summed E-state index contributed by atoms with van der Waals surface area (Å²) in [6, 6.07) is 11.0. The number of rotatable bonds is 5. The third-order valence-electron chi connectivity index (χ3n) is 5.17. The minimum absolute atomic E-state index is 0.0335. The van der Waals surface area contributed by atoms with E-state index in [1.807, 2.05) is 24.3 Å². The van der Waals surface area contributed by atoms with Crippen molar-refractivity contribution in [2.45, 2.75) is 25.7 Å². The summed E-state index contributed by atoms with van der Waals surface area (Å²) >= 11 is 0. The van der Waals surface area contributed by atoms with Crippen molar-refractivity contribution in [2.75, 3.05) is 29.9 Å². The molecule has 1 N–H and O–H groups in total. The van der Waals surface area contributed by atoms with Crippen LogP contribution in [0.15, 0.2) is 42.6 Å². The molecule has 28 heavy (non-hydrogen) atoms. The number of nitrogens with zero attached hydrogens (tertiary/aromatic N) is 3. The molecule has 2 aromatic rings. The summed E-state index contributed by atoms with van der Waals surface area (Å²) in [6.45, 7) is 2.17. The average Bonchev–Trinajstić information content (AvgIpc) is 2.98. The van der Waals surface area contributed by atoms with Gasteiger partial charge in [-0.15, -0.1) is 0 Å². The SMILES string of the molecule is O=C(CCN1C(=O)c2cccnc2C1=O)Nc1ccc(N2CCCCC2)cc1. The first-order valence-corrected chi connectivity index (χ1v) is 9.59. The van der Waals surface area contributed by atoms with E-state index in [9.17, 15) is 14.4 Å². The Morgan fingerprint density at radius 2 is 1.75 bits per heavy atom. The summed E-state index contributed by atoms with van der Waals surface area (Å²) in [5.74, 6) is -1.08. The van der Waals surface area contributed by atoms with Gasteiger partial charge in [-0.1, -0.05) is 0 Å². The number of imide groups is 1. The first-order valence-electron chi connectivity index (χ1n) is 9.59. The number of nitrogens with one attached hydrogen (secondary N) is 1. The molecule has 0 atom stereocenters. The van der Waals surface area contributed by atoms with E-state index in [1.165, 1.54) is 25.5 Å². The molecular formula is C21H22N4O3. The smallest absolute Gasteiger partial charge is 0.280 e. The van der Waals surface area contributed by atoms with Gasteiger partial charge in [-0.25, -0.2) is 0 Å². The van der Waals surface area contributed by atoms with E-state index in [0.717, 1.165) is 23.7 Å². The van der Waals surface area contributed by atoms with E-state index in [4.69, 9.17) is 0 Å². The second-order valence-corrected chi connectivity index (χ2v) is 7.05. The van der Waals surface area contributed by atoms with E-state index >= 15 is 0 Å². The molecule has 1 fully saturated rings. The van der Waals surface area contributed by atoms with E-state index < -0.39 is 11.8 Å². The van der Waals surface area contributed by atoms with Gasteiger partial charge in [0.05, 0.1) is 5.56 Å². The molecule has 7 heteroatoms. The van der Waals surface area contributed by atoms with Gasteiger partial charge in [0.15, 0.2) is 0 Å². The molecule has 1 aromatic carbocycles. The van der Waals surface area contributed by atoms with Crippen molar-refractivity contribution < 1.29 is 14.4 Å². The van der Waals surface area contributed by atoms with E-state index in [-0.39, 0.29) is 24.6 Å². The van der Waals surface area contributed by atoms with Gasteiger partial charge in [-0.2, -0.15) is 0 Å². The number of fused-ring (bicyclic) bond motifs is 1. The van der Waals surface area contributed by atoms with Crippen LogP contribution in [0.2, 0.25) is 0 Å². The summed E-state index contributed by atoms with van der Waals surface area (Å²) in [6.07, 6.45) is 5.23. The van der Waals surface area contributed by atoms with Gasteiger partial charge in [0.25, 0.3) is 11.8 Å². The van der Waals surface area contributed by atoms with E-state index in [1.54, 1.807) is 12.1 Å². The molecule has 0 saturated carbocycles. The lowest BCUT2D eigenvalue weighted by atomic mass is 10.1. The summed E-state index contributed by atoms with van der Waals surface area (Å²) in [7, 11) is 0. The number of amides is 3. The molecule has 7 nitrogen and oxygen atoms in total. The fourth-order valence-electron chi connectivity index (χ4n) is 3.66. The fourth-order valence-corrected chi connectivity index (χ4v) is 3.66. The number of carbonyl (C=O) groups is 3. The Kier molecular flexibility index (Phi) is 5.06. The maximum Gasteiger partial charge on any atom is 0.280 e. The number of anilines is 2. The van der Waals surface area contributed by atoms with Gasteiger partial charge in [0.2, 0.25) is 5.91 Å². The van der Waals surface area contributed by atoms with Crippen LogP contribution in [-0.4, -0.2) is 47.2 Å². The van der Waals surface area contributed by atoms with Gasteiger partial charge >= 0.3 is 0 Å². The summed E-state index contributed by atoms with van der Waals surface area (Å²) in [5.41, 5.74) is 2.31. The summed E-state index contributed by atoms with van der Waals surface area (Å²) < 4.78 is 0. The highest BCUT2D eigenvalue weighted by molar-refractivity contribution is 6.20. The van der Waals surface area contributed by atoms with Gasteiger partial charge < -0.3 is 10.2 Å². The second kappa shape index (κ2) is 7.80. The molecular weight excluding hydrogens is 356 g/mol. The minimum Gasteiger partial charge on any atom is -0.372 e. The molecule has 0 spiro atoms. The van der Waals surface area contributed by atoms with Crippen LogP contribution in [0.25, 0.3) is 0 Å². The number of hydrogen-bond acceptors (Lipinski definition) is 5. The van der Waals surface area contributed by atoms with Crippen LogP contribution in [0.4, 0.5) is 11.4 Å². The van der Waals surface area contributed by atoms with Gasteiger partial charge in [0.1, 0.15) is 5.69 Å². The third-order valence-corrected chi connectivity index (χ3v) is 5.17. The normalized spacial score (nSPS) is 16.3. The van der Waals surface area contributed by atoms with Crippen LogP contribution in [0.5, 0.6) is 0 Å². The first kappa shape index (κ1) is 18.2. The van der Waals surface area contributed by atoms with E-state index in [0.29, 0.717) is 11.3 Å². The van der Waals surface area contributed by atoms with Crippen molar-refractivity contribution in [3.05, 3.63) is 53.9 Å². The zero-order valence-corrected chi connectivity index (χ0v) is 15.6. The molecule has 2 aliphatic rings. The molecule has 1 saturated heterocycles. The predicted octanol–water partition coefficient (Wildman–Crippen LogP) is 2.70. The van der Waals surface area contributed by atoms with Crippen molar-refractivity contribution in [3.8, 4) is 0 Å².